The fourth-order valence-electron chi connectivity index (χ4n) is 2.90. The van der Waals surface area contributed by atoms with E-state index in [9.17, 15) is 4.79 Å². The summed E-state index contributed by atoms with van der Waals surface area (Å²) >= 11 is 0. The van der Waals surface area contributed by atoms with Gasteiger partial charge in [-0.3, -0.25) is 0 Å². The standard InChI is InChI=1S/C17H26N2O4/c1-13(12-19-9-7-18(2)8-10-19)23-17(20)14-5-6-15(21-3)16(11-14)22-4/h5-6,11,13H,7-10,12H2,1-4H3/p+2/t13-/m0/s1. The Morgan fingerprint density at radius 2 is 1.78 bits per heavy atom. The number of methoxy groups -OCH3 is 2. The Hall–Kier alpha value is -1.79. The molecule has 23 heavy (non-hydrogen) atoms. The van der Waals surface area contributed by atoms with Crippen molar-refractivity contribution in [2.45, 2.75) is 13.0 Å². The number of carbonyl (C=O) groups excluding carboxylic acids is 1. The summed E-state index contributed by atoms with van der Waals surface area (Å²) in [5.41, 5.74) is 0.479. The van der Waals surface area contributed by atoms with Gasteiger partial charge < -0.3 is 24.0 Å². The topological polar surface area (TPSA) is 53.6 Å². The zero-order valence-electron chi connectivity index (χ0n) is 14.5. The molecule has 0 bridgehead atoms. The Morgan fingerprint density at radius 3 is 2.39 bits per heavy atom. The van der Waals surface area contributed by atoms with E-state index < -0.39 is 0 Å². The Bertz CT molecular complexity index is 527. The van der Waals surface area contributed by atoms with Crippen molar-refractivity contribution in [1.82, 2.24) is 0 Å². The molecule has 0 spiro atoms. The molecule has 0 unspecified atom stereocenters. The highest BCUT2D eigenvalue weighted by Gasteiger charge is 2.24. The van der Waals surface area contributed by atoms with Crippen molar-refractivity contribution in [1.29, 1.82) is 0 Å². The molecule has 1 fully saturated rings. The molecule has 1 aromatic carbocycles. The van der Waals surface area contributed by atoms with Crippen LogP contribution in [0.3, 0.4) is 0 Å². The van der Waals surface area contributed by atoms with Gasteiger partial charge >= 0.3 is 5.97 Å². The average Bonchev–Trinajstić information content (AvgIpc) is 2.56. The Labute approximate surface area is 137 Å². The Morgan fingerprint density at radius 1 is 1.13 bits per heavy atom. The van der Waals surface area contributed by atoms with Crippen molar-refractivity contribution >= 4 is 5.97 Å². The SMILES string of the molecule is COc1ccc(C(=O)O[C@@H](C)C[NH+]2CC[NH+](C)CC2)cc1OC. The minimum atomic E-state index is -0.322. The number of nitrogens with one attached hydrogen (secondary N) is 2. The van der Waals surface area contributed by atoms with Gasteiger partial charge in [0.15, 0.2) is 11.5 Å². The number of esters is 1. The van der Waals surface area contributed by atoms with Crippen molar-refractivity contribution in [3.63, 3.8) is 0 Å². The fraction of sp³-hybridized carbons (Fsp3) is 0.588. The second kappa shape index (κ2) is 8.17. The molecule has 0 radical (unpaired) electrons. The van der Waals surface area contributed by atoms with Crippen LogP contribution in [0.25, 0.3) is 0 Å². The molecule has 0 amide bonds. The number of piperazine rings is 1. The van der Waals surface area contributed by atoms with Gasteiger partial charge in [0.1, 0.15) is 38.8 Å². The van der Waals surface area contributed by atoms with Gasteiger partial charge in [-0.25, -0.2) is 4.79 Å². The maximum absolute atomic E-state index is 12.3. The minimum absolute atomic E-state index is 0.107. The zero-order chi connectivity index (χ0) is 16.8. The normalized spacial score (nSPS) is 22.3. The third-order valence-electron chi connectivity index (χ3n) is 4.31. The number of rotatable bonds is 6. The molecule has 1 aromatic rings. The lowest BCUT2D eigenvalue weighted by Gasteiger charge is -2.28. The lowest BCUT2D eigenvalue weighted by Crippen LogP contribution is -3.27. The molecule has 6 heteroatoms. The minimum Gasteiger partial charge on any atom is -0.493 e. The molecule has 128 valence electrons. The lowest BCUT2D eigenvalue weighted by molar-refractivity contribution is -1.00. The Kier molecular flexibility index (Phi) is 6.24. The molecule has 0 aliphatic carbocycles. The number of quaternary nitrogens is 2. The highest BCUT2D eigenvalue weighted by Crippen LogP contribution is 2.27. The zero-order valence-corrected chi connectivity index (χ0v) is 14.5. The van der Waals surface area contributed by atoms with E-state index in [-0.39, 0.29) is 12.1 Å². The Balaban J connectivity index is 1.90. The smallest absolute Gasteiger partial charge is 0.338 e. The van der Waals surface area contributed by atoms with Gasteiger partial charge in [-0.1, -0.05) is 0 Å². The number of carbonyl (C=O) groups is 1. The fourth-order valence-corrected chi connectivity index (χ4v) is 2.90. The van der Waals surface area contributed by atoms with Gasteiger partial charge in [0.05, 0.1) is 26.8 Å². The molecule has 0 saturated carbocycles. The summed E-state index contributed by atoms with van der Waals surface area (Å²) in [6, 6.07) is 5.07. The summed E-state index contributed by atoms with van der Waals surface area (Å²) in [4.78, 5) is 15.4. The molecule has 2 rings (SSSR count). The highest BCUT2D eigenvalue weighted by atomic mass is 16.5. The number of likely N-dealkylation sites (N-methyl/N-ethyl adjacent to an activating group) is 1. The predicted octanol–water partition coefficient (Wildman–Crippen LogP) is -1.34. The third-order valence-corrected chi connectivity index (χ3v) is 4.31. The largest absolute Gasteiger partial charge is 0.493 e. The van der Waals surface area contributed by atoms with Crippen LogP contribution in [-0.2, 0) is 4.74 Å². The summed E-state index contributed by atoms with van der Waals surface area (Å²) in [7, 11) is 5.34. The summed E-state index contributed by atoms with van der Waals surface area (Å²) < 4.78 is 16.0. The molecule has 6 nitrogen and oxygen atoms in total. The number of benzene rings is 1. The van der Waals surface area contributed by atoms with Gasteiger partial charge in [-0.15, -0.1) is 0 Å². The van der Waals surface area contributed by atoms with E-state index in [4.69, 9.17) is 14.2 Å². The maximum Gasteiger partial charge on any atom is 0.338 e. The van der Waals surface area contributed by atoms with Crippen LogP contribution >= 0.6 is 0 Å². The highest BCUT2D eigenvalue weighted by molar-refractivity contribution is 5.90. The van der Waals surface area contributed by atoms with Crippen molar-refractivity contribution in [2.75, 3.05) is 54.0 Å². The van der Waals surface area contributed by atoms with Crippen LogP contribution in [0.15, 0.2) is 18.2 Å². The first-order valence-corrected chi connectivity index (χ1v) is 8.11. The predicted molar refractivity (Wildman–Crippen MR) is 86.6 cm³/mol. The first-order chi connectivity index (χ1) is 11.0. The van der Waals surface area contributed by atoms with Gasteiger partial charge in [0.25, 0.3) is 0 Å². The van der Waals surface area contributed by atoms with E-state index in [2.05, 4.69) is 7.05 Å². The second-order valence-corrected chi connectivity index (χ2v) is 6.20. The molecule has 1 atom stereocenters. The van der Waals surface area contributed by atoms with Gasteiger partial charge in [0.2, 0.25) is 0 Å². The van der Waals surface area contributed by atoms with Crippen LogP contribution in [0.2, 0.25) is 0 Å². The second-order valence-electron chi connectivity index (χ2n) is 6.20. The molecule has 1 aliphatic rings. The van der Waals surface area contributed by atoms with Crippen molar-refractivity contribution in [3.8, 4) is 11.5 Å². The van der Waals surface area contributed by atoms with Gasteiger partial charge in [0, 0.05) is 0 Å². The van der Waals surface area contributed by atoms with Crippen LogP contribution in [0.5, 0.6) is 11.5 Å². The van der Waals surface area contributed by atoms with Crippen LogP contribution < -0.4 is 19.3 Å². The van der Waals surface area contributed by atoms with Crippen molar-refractivity contribution in [2.24, 2.45) is 0 Å². The molecule has 2 N–H and O–H groups in total. The summed E-state index contributed by atoms with van der Waals surface area (Å²) in [5, 5.41) is 0. The molecule has 1 heterocycles. The van der Waals surface area contributed by atoms with E-state index in [1.807, 2.05) is 6.92 Å². The monoisotopic (exact) mass is 324 g/mol. The van der Waals surface area contributed by atoms with E-state index in [1.165, 1.54) is 18.0 Å². The van der Waals surface area contributed by atoms with Crippen LogP contribution in [0.4, 0.5) is 0 Å². The molecule has 0 aromatic heterocycles. The van der Waals surface area contributed by atoms with E-state index in [0.29, 0.717) is 17.1 Å². The molecular weight excluding hydrogens is 296 g/mol. The first-order valence-electron chi connectivity index (χ1n) is 8.11. The number of hydrogen-bond acceptors (Lipinski definition) is 4. The third kappa shape index (κ3) is 4.84. The van der Waals surface area contributed by atoms with E-state index >= 15 is 0 Å². The van der Waals surface area contributed by atoms with Crippen LogP contribution in [-0.4, -0.2) is 66.1 Å². The number of hydrogen-bond donors (Lipinski definition) is 2. The number of ether oxygens (including phenoxy) is 3. The lowest BCUT2D eigenvalue weighted by atomic mass is 10.2. The molecule has 1 aliphatic heterocycles. The van der Waals surface area contributed by atoms with Crippen LogP contribution in [0.1, 0.15) is 17.3 Å². The summed E-state index contributed by atoms with van der Waals surface area (Å²) in [5.74, 6) is 0.807. The van der Waals surface area contributed by atoms with E-state index in [1.54, 1.807) is 37.3 Å². The van der Waals surface area contributed by atoms with Crippen molar-refractivity contribution < 1.29 is 28.8 Å². The summed E-state index contributed by atoms with van der Waals surface area (Å²) in [6.07, 6.45) is -0.107. The average molecular weight is 324 g/mol. The van der Waals surface area contributed by atoms with Gasteiger partial charge in [-0.2, -0.15) is 0 Å². The van der Waals surface area contributed by atoms with Crippen LogP contribution in [0, 0.1) is 0 Å². The molecular formula is C17H28N2O4+2. The quantitative estimate of drug-likeness (QED) is 0.636. The van der Waals surface area contributed by atoms with Gasteiger partial charge in [-0.05, 0) is 25.1 Å². The maximum atomic E-state index is 12.3. The van der Waals surface area contributed by atoms with E-state index in [0.717, 1.165) is 19.6 Å². The first kappa shape index (κ1) is 17.6. The molecule has 1 saturated heterocycles. The summed E-state index contributed by atoms with van der Waals surface area (Å²) in [6.45, 7) is 7.41. The van der Waals surface area contributed by atoms with Crippen molar-refractivity contribution in [3.05, 3.63) is 23.8 Å².